The van der Waals surface area contributed by atoms with E-state index in [1.54, 1.807) is 0 Å². The number of aromatic nitrogens is 1. The zero-order valence-corrected chi connectivity index (χ0v) is 15.8. The van der Waals surface area contributed by atoms with E-state index in [2.05, 4.69) is 54.0 Å². The van der Waals surface area contributed by atoms with Crippen LogP contribution >= 0.6 is 0 Å². The molecule has 0 amide bonds. The van der Waals surface area contributed by atoms with Gasteiger partial charge in [0.05, 0.1) is 5.56 Å². The first-order valence-corrected chi connectivity index (χ1v) is 9.66. The van der Waals surface area contributed by atoms with Crippen LogP contribution in [-0.2, 0) is 12.8 Å². The van der Waals surface area contributed by atoms with Gasteiger partial charge in [-0.2, -0.15) is 5.26 Å². The van der Waals surface area contributed by atoms with Crippen molar-refractivity contribution in [2.75, 3.05) is 36.0 Å². The van der Waals surface area contributed by atoms with Crippen molar-refractivity contribution in [1.82, 2.24) is 4.98 Å². The highest BCUT2D eigenvalue weighted by atomic mass is 15.3. The lowest BCUT2D eigenvalue weighted by Gasteiger charge is -2.38. The number of hydrogen-bond donors (Lipinski definition) is 0. The molecule has 1 aromatic heterocycles. The molecule has 4 rings (SSSR count). The maximum absolute atomic E-state index is 9.62. The molecule has 0 saturated carbocycles. The fourth-order valence-electron chi connectivity index (χ4n) is 4.18. The lowest BCUT2D eigenvalue weighted by molar-refractivity contribution is 0.633. The number of benzene rings is 1. The maximum Gasteiger partial charge on any atom is 0.146 e. The molecule has 2 aromatic rings. The normalized spacial score (nSPS) is 17.0. The molecule has 0 bridgehead atoms. The monoisotopic (exact) mass is 346 g/mol. The van der Waals surface area contributed by atoms with E-state index in [4.69, 9.17) is 4.98 Å². The van der Waals surface area contributed by atoms with Gasteiger partial charge in [0.15, 0.2) is 0 Å². The average molecular weight is 346 g/mol. The zero-order valence-electron chi connectivity index (χ0n) is 15.8. The van der Waals surface area contributed by atoms with Gasteiger partial charge in [0, 0.05) is 37.6 Å². The third-order valence-electron chi connectivity index (χ3n) is 5.90. The van der Waals surface area contributed by atoms with Crippen molar-refractivity contribution >= 4 is 11.5 Å². The molecule has 4 nitrogen and oxygen atoms in total. The van der Waals surface area contributed by atoms with E-state index in [0.717, 1.165) is 50.4 Å². The topological polar surface area (TPSA) is 43.2 Å². The standard InChI is InChI=1S/C22H26N4/c1-16-6-5-9-21(17(16)2)25-10-12-26(13-11-25)22-19(15-23)14-18-7-3-4-8-20(18)24-22/h5-6,9,14H,3-4,7-8,10-13H2,1-2H3. The molecule has 1 aromatic carbocycles. The van der Waals surface area contributed by atoms with Gasteiger partial charge in [0.25, 0.3) is 0 Å². The first-order chi connectivity index (χ1) is 12.7. The lowest BCUT2D eigenvalue weighted by atomic mass is 9.95. The molecule has 1 fully saturated rings. The van der Waals surface area contributed by atoms with E-state index in [-0.39, 0.29) is 0 Å². The Kier molecular flexibility index (Phi) is 4.55. The van der Waals surface area contributed by atoms with E-state index in [1.165, 1.54) is 40.9 Å². The molecule has 1 aliphatic heterocycles. The summed E-state index contributed by atoms with van der Waals surface area (Å²) in [5, 5.41) is 9.62. The quantitative estimate of drug-likeness (QED) is 0.830. The molecule has 0 spiro atoms. The van der Waals surface area contributed by atoms with Crippen LogP contribution in [0.4, 0.5) is 11.5 Å². The second kappa shape index (κ2) is 6.99. The molecule has 26 heavy (non-hydrogen) atoms. The first kappa shape index (κ1) is 16.9. The van der Waals surface area contributed by atoms with Crippen molar-refractivity contribution in [3.05, 3.63) is 52.2 Å². The molecule has 0 N–H and O–H groups in total. The van der Waals surface area contributed by atoms with Gasteiger partial charge < -0.3 is 9.80 Å². The predicted molar refractivity (Wildman–Crippen MR) is 106 cm³/mol. The molecule has 2 heterocycles. The zero-order chi connectivity index (χ0) is 18.1. The summed E-state index contributed by atoms with van der Waals surface area (Å²) in [4.78, 5) is 9.68. The largest absolute Gasteiger partial charge is 0.368 e. The number of nitriles is 1. The molecular weight excluding hydrogens is 320 g/mol. The van der Waals surface area contributed by atoms with Crippen LogP contribution in [0.5, 0.6) is 0 Å². The van der Waals surface area contributed by atoms with Crippen LogP contribution in [0.25, 0.3) is 0 Å². The van der Waals surface area contributed by atoms with E-state index >= 15 is 0 Å². The van der Waals surface area contributed by atoms with Gasteiger partial charge in [-0.1, -0.05) is 12.1 Å². The highest BCUT2D eigenvalue weighted by Gasteiger charge is 2.23. The Labute approximate surface area is 156 Å². The Bertz CT molecular complexity index is 857. The lowest BCUT2D eigenvalue weighted by Crippen LogP contribution is -2.47. The molecule has 0 radical (unpaired) electrons. The number of piperazine rings is 1. The molecule has 1 aliphatic carbocycles. The van der Waals surface area contributed by atoms with E-state index in [9.17, 15) is 5.26 Å². The van der Waals surface area contributed by atoms with Gasteiger partial charge in [-0.25, -0.2) is 4.98 Å². The average Bonchev–Trinajstić information content (AvgIpc) is 2.69. The minimum absolute atomic E-state index is 0.742. The Hall–Kier alpha value is -2.54. The van der Waals surface area contributed by atoms with Crippen molar-refractivity contribution in [2.24, 2.45) is 0 Å². The highest BCUT2D eigenvalue weighted by Crippen LogP contribution is 2.29. The second-order valence-corrected chi connectivity index (χ2v) is 7.48. The van der Waals surface area contributed by atoms with E-state index in [0.29, 0.717) is 0 Å². The smallest absolute Gasteiger partial charge is 0.146 e. The van der Waals surface area contributed by atoms with Crippen LogP contribution in [0.15, 0.2) is 24.3 Å². The molecule has 4 heteroatoms. The van der Waals surface area contributed by atoms with E-state index < -0.39 is 0 Å². The highest BCUT2D eigenvalue weighted by molar-refractivity contribution is 5.60. The third-order valence-corrected chi connectivity index (χ3v) is 5.90. The fraction of sp³-hybridized carbons (Fsp3) is 0.455. The maximum atomic E-state index is 9.62. The Balaban J connectivity index is 1.55. The predicted octanol–water partition coefficient (Wildman–Crippen LogP) is 3.78. The number of hydrogen-bond acceptors (Lipinski definition) is 4. The second-order valence-electron chi connectivity index (χ2n) is 7.48. The van der Waals surface area contributed by atoms with Crippen LogP contribution in [0.3, 0.4) is 0 Å². The van der Waals surface area contributed by atoms with Gasteiger partial charge in [0.1, 0.15) is 11.9 Å². The number of fused-ring (bicyclic) bond motifs is 1. The van der Waals surface area contributed by atoms with Gasteiger partial charge >= 0.3 is 0 Å². The minimum Gasteiger partial charge on any atom is -0.368 e. The van der Waals surface area contributed by atoms with Gasteiger partial charge in [0.2, 0.25) is 0 Å². The fourth-order valence-corrected chi connectivity index (χ4v) is 4.18. The Morgan fingerprint density at radius 2 is 1.73 bits per heavy atom. The molecule has 134 valence electrons. The van der Waals surface area contributed by atoms with Crippen LogP contribution < -0.4 is 9.80 Å². The van der Waals surface area contributed by atoms with Crippen molar-refractivity contribution in [3.63, 3.8) is 0 Å². The molecular formula is C22H26N4. The summed E-state index contributed by atoms with van der Waals surface area (Å²) >= 11 is 0. The van der Waals surface area contributed by atoms with Crippen molar-refractivity contribution in [1.29, 1.82) is 5.26 Å². The summed E-state index contributed by atoms with van der Waals surface area (Å²) in [6.45, 7) is 8.13. The van der Waals surface area contributed by atoms with Crippen molar-refractivity contribution < 1.29 is 0 Å². The van der Waals surface area contributed by atoms with Crippen LogP contribution in [0, 0.1) is 25.2 Å². The molecule has 1 saturated heterocycles. The summed E-state index contributed by atoms with van der Waals surface area (Å²) in [5.74, 6) is 0.897. The van der Waals surface area contributed by atoms with Crippen molar-refractivity contribution in [3.8, 4) is 6.07 Å². The van der Waals surface area contributed by atoms with E-state index in [1.807, 2.05) is 0 Å². The first-order valence-electron chi connectivity index (χ1n) is 9.66. The number of nitrogens with zero attached hydrogens (tertiary/aromatic N) is 4. The summed E-state index contributed by atoms with van der Waals surface area (Å²) in [6, 6.07) is 11.0. The minimum atomic E-state index is 0.742. The summed E-state index contributed by atoms with van der Waals surface area (Å²) < 4.78 is 0. The third kappa shape index (κ3) is 3.03. The number of pyridine rings is 1. The number of aryl methyl sites for hydroxylation is 3. The van der Waals surface area contributed by atoms with Crippen LogP contribution in [-0.4, -0.2) is 31.2 Å². The van der Waals surface area contributed by atoms with Gasteiger partial charge in [-0.05, 0) is 68.4 Å². The number of rotatable bonds is 2. The summed E-state index contributed by atoms with van der Waals surface area (Å²) in [7, 11) is 0. The molecule has 0 unspecified atom stereocenters. The molecule has 2 aliphatic rings. The Morgan fingerprint density at radius 3 is 2.50 bits per heavy atom. The summed E-state index contributed by atoms with van der Waals surface area (Å²) in [6.07, 6.45) is 4.55. The van der Waals surface area contributed by atoms with Crippen LogP contribution in [0.2, 0.25) is 0 Å². The van der Waals surface area contributed by atoms with Gasteiger partial charge in [-0.15, -0.1) is 0 Å². The van der Waals surface area contributed by atoms with Crippen molar-refractivity contribution in [2.45, 2.75) is 39.5 Å². The van der Waals surface area contributed by atoms with Crippen LogP contribution in [0.1, 0.15) is 40.8 Å². The SMILES string of the molecule is Cc1cccc(N2CCN(c3nc4c(cc3C#N)CCCC4)CC2)c1C. The molecule has 0 atom stereocenters. The van der Waals surface area contributed by atoms with Gasteiger partial charge in [-0.3, -0.25) is 0 Å². The Morgan fingerprint density at radius 1 is 1.00 bits per heavy atom. The summed E-state index contributed by atoms with van der Waals surface area (Å²) in [5.41, 5.74) is 7.28. The number of anilines is 2.